The number of anilines is 1. The summed E-state index contributed by atoms with van der Waals surface area (Å²) >= 11 is 0. The van der Waals surface area contributed by atoms with Gasteiger partial charge in [-0.3, -0.25) is 4.98 Å². The molecule has 2 aromatic rings. The van der Waals surface area contributed by atoms with Crippen LogP contribution in [0.25, 0.3) is 10.9 Å². The Hall–Kier alpha value is -1.68. The van der Waals surface area contributed by atoms with Gasteiger partial charge in [0.2, 0.25) is 0 Å². The van der Waals surface area contributed by atoms with Crippen molar-refractivity contribution in [3.8, 4) is 0 Å². The minimum absolute atomic E-state index is 0.261. The third-order valence-electron chi connectivity index (χ3n) is 4.58. The van der Waals surface area contributed by atoms with E-state index in [9.17, 15) is 4.39 Å². The average molecular weight is 287 g/mol. The standard InChI is InChI=1S/C17H22FN3/c1-12(13-7-10-21(2)11-8-13)20-16-6-9-19-17-14(16)4-3-5-15(17)18/h3-6,9,12-13H,7-8,10-11H2,1-2H3,(H,19,20). The molecule has 0 saturated carbocycles. The molecule has 0 spiro atoms. The lowest BCUT2D eigenvalue weighted by Crippen LogP contribution is -2.37. The molecule has 1 aliphatic heterocycles. The lowest BCUT2D eigenvalue weighted by Gasteiger charge is -2.33. The van der Waals surface area contributed by atoms with E-state index in [1.165, 1.54) is 18.9 Å². The number of aromatic nitrogens is 1. The lowest BCUT2D eigenvalue weighted by molar-refractivity contribution is 0.208. The Bertz CT molecular complexity index is 620. The van der Waals surface area contributed by atoms with Crippen molar-refractivity contribution >= 4 is 16.6 Å². The Kier molecular flexibility index (Phi) is 4.06. The molecule has 0 amide bonds. The fourth-order valence-electron chi connectivity index (χ4n) is 3.16. The van der Waals surface area contributed by atoms with Gasteiger partial charge >= 0.3 is 0 Å². The second-order valence-corrected chi connectivity index (χ2v) is 6.07. The van der Waals surface area contributed by atoms with E-state index < -0.39 is 0 Å². The maximum absolute atomic E-state index is 13.8. The van der Waals surface area contributed by atoms with Gasteiger partial charge in [-0.15, -0.1) is 0 Å². The van der Waals surface area contributed by atoms with Crippen LogP contribution in [0.15, 0.2) is 30.5 Å². The zero-order valence-electron chi connectivity index (χ0n) is 12.6. The molecule has 1 aromatic carbocycles. The zero-order chi connectivity index (χ0) is 14.8. The van der Waals surface area contributed by atoms with E-state index in [1.54, 1.807) is 12.3 Å². The Balaban J connectivity index is 1.80. The number of benzene rings is 1. The van der Waals surface area contributed by atoms with E-state index in [0.717, 1.165) is 24.2 Å². The van der Waals surface area contributed by atoms with Crippen molar-refractivity contribution in [3.05, 3.63) is 36.3 Å². The highest BCUT2D eigenvalue weighted by atomic mass is 19.1. The Labute approximate surface area is 125 Å². The fraction of sp³-hybridized carbons (Fsp3) is 0.471. The summed E-state index contributed by atoms with van der Waals surface area (Å²) in [6.45, 7) is 4.53. The van der Waals surface area contributed by atoms with Gasteiger partial charge in [-0.25, -0.2) is 4.39 Å². The number of rotatable bonds is 3. The predicted octanol–water partition coefficient (Wildman–Crippen LogP) is 3.52. The highest BCUT2D eigenvalue weighted by Gasteiger charge is 2.22. The number of halogens is 1. The van der Waals surface area contributed by atoms with Crippen molar-refractivity contribution in [1.29, 1.82) is 0 Å². The van der Waals surface area contributed by atoms with Crippen LogP contribution in [-0.4, -0.2) is 36.1 Å². The molecule has 3 rings (SSSR count). The molecule has 0 bridgehead atoms. The highest BCUT2D eigenvalue weighted by molar-refractivity contribution is 5.91. The van der Waals surface area contributed by atoms with Gasteiger partial charge in [0.25, 0.3) is 0 Å². The van der Waals surface area contributed by atoms with E-state index in [0.29, 0.717) is 17.5 Å². The third-order valence-corrected chi connectivity index (χ3v) is 4.58. The molecule has 0 radical (unpaired) electrons. The number of piperidine rings is 1. The first-order chi connectivity index (χ1) is 10.1. The molecule has 0 aliphatic carbocycles. The molecule has 1 aliphatic rings. The fourth-order valence-corrected chi connectivity index (χ4v) is 3.16. The summed E-state index contributed by atoms with van der Waals surface area (Å²) < 4.78 is 13.8. The first-order valence-electron chi connectivity index (χ1n) is 7.63. The molecule has 3 nitrogen and oxygen atoms in total. The largest absolute Gasteiger partial charge is 0.382 e. The molecule has 112 valence electrons. The van der Waals surface area contributed by atoms with Crippen molar-refractivity contribution < 1.29 is 4.39 Å². The molecule has 1 unspecified atom stereocenters. The molecule has 21 heavy (non-hydrogen) atoms. The summed E-state index contributed by atoms with van der Waals surface area (Å²) in [7, 11) is 2.17. The number of hydrogen-bond acceptors (Lipinski definition) is 3. The molecular formula is C17H22FN3. The molecule has 1 N–H and O–H groups in total. The smallest absolute Gasteiger partial charge is 0.149 e. The van der Waals surface area contributed by atoms with Crippen molar-refractivity contribution in [1.82, 2.24) is 9.88 Å². The van der Waals surface area contributed by atoms with Crippen molar-refractivity contribution in [2.24, 2.45) is 5.92 Å². The first kappa shape index (κ1) is 14.3. The molecule has 2 heterocycles. The van der Waals surface area contributed by atoms with Gasteiger partial charge in [0.15, 0.2) is 0 Å². The van der Waals surface area contributed by atoms with Crippen LogP contribution in [0.2, 0.25) is 0 Å². The second kappa shape index (κ2) is 5.98. The molecule has 1 saturated heterocycles. The lowest BCUT2D eigenvalue weighted by atomic mass is 9.90. The van der Waals surface area contributed by atoms with E-state index >= 15 is 0 Å². The van der Waals surface area contributed by atoms with Crippen molar-refractivity contribution in [3.63, 3.8) is 0 Å². The van der Waals surface area contributed by atoms with Crippen LogP contribution in [0.4, 0.5) is 10.1 Å². The van der Waals surface area contributed by atoms with Crippen LogP contribution in [0.5, 0.6) is 0 Å². The molecule has 4 heteroatoms. The molecule has 1 fully saturated rings. The summed E-state index contributed by atoms with van der Waals surface area (Å²) in [4.78, 5) is 6.52. The van der Waals surface area contributed by atoms with Gasteiger partial charge in [0, 0.05) is 23.3 Å². The summed E-state index contributed by atoms with van der Waals surface area (Å²) in [5.41, 5.74) is 1.42. The summed E-state index contributed by atoms with van der Waals surface area (Å²) in [6.07, 6.45) is 4.10. The van der Waals surface area contributed by atoms with Crippen LogP contribution in [-0.2, 0) is 0 Å². The quantitative estimate of drug-likeness (QED) is 0.936. The molecule has 1 atom stereocenters. The van der Waals surface area contributed by atoms with Crippen LogP contribution >= 0.6 is 0 Å². The SMILES string of the molecule is CC(Nc1ccnc2c(F)cccc12)C1CCN(C)CC1. The maximum atomic E-state index is 13.8. The molecule has 1 aromatic heterocycles. The average Bonchev–Trinajstić information content (AvgIpc) is 2.49. The highest BCUT2D eigenvalue weighted by Crippen LogP contribution is 2.27. The minimum Gasteiger partial charge on any atom is -0.382 e. The monoisotopic (exact) mass is 287 g/mol. The zero-order valence-corrected chi connectivity index (χ0v) is 12.6. The van der Waals surface area contributed by atoms with Gasteiger partial charge in [0.05, 0.1) is 0 Å². The van der Waals surface area contributed by atoms with Crippen LogP contribution in [0.3, 0.4) is 0 Å². The van der Waals surface area contributed by atoms with Gasteiger partial charge in [0.1, 0.15) is 11.3 Å². The summed E-state index contributed by atoms with van der Waals surface area (Å²) in [5, 5.41) is 4.43. The second-order valence-electron chi connectivity index (χ2n) is 6.07. The van der Waals surface area contributed by atoms with E-state index in [4.69, 9.17) is 0 Å². The predicted molar refractivity (Wildman–Crippen MR) is 85.0 cm³/mol. The normalized spacial score (nSPS) is 18.8. The Morgan fingerprint density at radius 2 is 2.05 bits per heavy atom. The number of fused-ring (bicyclic) bond motifs is 1. The van der Waals surface area contributed by atoms with Gasteiger partial charge in [-0.2, -0.15) is 0 Å². The topological polar surface area (TPSA) is 28.2 Å². The van der Waals surface area contributed by atoms with Gasteiger partial charge in [-0.1, -0.05) is 12.1 Å². The van der Waals surface area contributed by atoms with E-state index in [-0.39, 0.29) is 5.82 Å². The first-order valence-corrected chi connectivity index (χ1v) is 7.63. The number of nitrogens with one attached hydrogen (secondary N) is 1. The Morgan fingerprint density at radius 3 is 2.81 bits per heavy atom. The number of likely N-dealkylation sites (tertiary alicyclic amines) is 1. The van der Waals surface area contributed by atoms with Gasteiger partial charge in [-0.05, 0) is 58.0 Å². The third kappa shape index (κ3) is 3.00. The Morgan fingerprint density at radius 1 is 1.29 bits per heavy atom. The number of para-hydroxylation sites is 1. The number of pyridine rings is 1. The summed E-state index contributed by atoms with van der Waals surface area (Å²) in [5.74, 6) is 0.404. The van der Waals surface area contributed by atoms with Crippen molar-refractivity contribution in [2.75, 3.05) is 25.5 Å². The minimum atomic E-state index is -0.261. The maximum Gasteiger partial charge on any atom is 0.149 e. The van der Waals surface area contributed by atoms with E-state index in [2.05, 4.69) is 29.2 Å². The van der Waals surface area contributed by atoms with E-state index in [1.807, 2.05) is 12.1 Å². The summed E-state index contributed by atoms with van der Waals surface area (Å²) in [6, 6.07) is 7.44. The van der Waals surface area contributed by atoms with Crippen LogP contribution < -0.4 is 5.32 Å². The number of nitrogens with zero attached hydrogens (tertiary/aromatic N) is 2. The van der Waals surface area contributed by atoms with Crippen molar-refractivity contribution in [2.45, 2.75) is 25.8 Å². The van der Waals surface area contributed by atoms with Gasteiger partial charge < -0.3 is 10.2 Å². The molecular weight excluding hydrogens is 265 g/mol. The number of hydrogen-bond donors (Lipinski definition) is 1. The van der Waals surface area contributed by atoms with Crippen LogP contribution in [0.1, 0.15) is 19.8 Å². The van der Waals surface area contributed by atoms with Crippen LogP contribution in [0, 0.1) is 11.7 Å².